The van der Waals surface area contributed by atoms with E-state index in [0.717, 1.165) is 32.5 Å². The first kappa shape index (κ1) is 31.9. The van der Waals surface area contributed by atoms with Gasteiger partial charge in [-0.05, 0) is 53.1 Å². The summed E-state index contributed by atoms with van der Waals surface area (Å²) < 4.78 is 41.8. The molecule has 0 spiro atoms. The summed E-state index contributed by atoms with van der Waals surface area (Å²) in [7, 11) is -3.81. The van der Waals surface area contributed by atoms with Gasteiger partial charge in [-0.2, -0.15) is 0 Å². The molecule has 236 valence electrons. The Hall–Kier alpha value is -4.10. The van der Waals surface area contributed by atoms with Crippen molar-refractivity contribution in [3.63, 3.8) is 0 Å². The van der Waals surface area contributed by atoms with Crippen molar-refractivity contribution in [2.24, 2.45) is 0 Å². The number of aliphatic hydroxyl groups excluding tert-OH is 1. The number of para-hydroxylation sites is 1. The number of benzene rings is 4. The van der Waals surface area contributed by atoms with Gasteiger partial charge in [0.2, 0.25) is 10.0 Å². The van der Waals surface area contributed by atoms with E-state index < -0.39 is 22.3 Å². The predicted octanol–water partition coefficient (Wildman–Crippen LogP) is 6.24. The largest absolute Gasteiger partial charge is 0.478 e. The fourth-order valence-corrected chi connectivity index (χ4v) is 7.36. The minimum Gasteiger partial charge on any atom is -0.478 e. The molecule has 0 aliphatic carbocycles. The van der Waals surface area contributed by atoms with Crippen molar-refractivity contribution in [1.29, 1.82) is 0 Å². The van der Waals surface area contributed by atoms with Gasteiger partial charge in [0.25, 0.3) is 0 Å². The zero-order valence-corrected chi connectivity index (χ0v) is 26.3. The summed E-state index contributed by atoms with van der Waals surface area (Å²) in [6.07, 6.45) is 1.09. The number of nitrogens with one attached hydrogen (secondary N) is 1. The van der Waals surface area contributed by atoms with Crippen LogP contribution in [-0.2, 0) is 32.6 Å². The van der Waals surface area contributed by atoms with E-state index >= 15 is 0 Å². The smallest absolute Gasteiger partial charge is 0.335 e. The van der Waals surface area contributed by atoms with Crippen LogP contribution in [-0.4, -0.2) is 41.4 Å². The van der Waals surface area contributed by atoms with E-state index in [4.69, 9.17) is 9.47 Å². The zero-order chi connectivity index (χ0) is 32.1. The molecule has 0 radical (unpaired) electrons. The van der Waals surface area contributed by atoms with E-state index in [1.165, 1.54) is 0 Å². The molecule has 9 nitrogen and oxygen atoms in total. The van der Waals surface area contributed by atoms with Crippen molar-refractivity contribution in [1.82, 2.24) is 9.71 Å². The maximum atomic E-state index is 13.2. The van der Waals surface area contributed by atoms with E-state index in [2.05, 4.69) is 9.71 Å². The molecule has 6 rings (SSSR count). The molecule has 1 aliphatic rings. The van der Waals surface area contributed by atoms with Crippen molar-refractivity contribution in [3.8, 4) is 0 Å². The number of hydrogen-bond donors (Lipinski definition) is 3. The highest BCUT2D eigenvalue weighted by Crippen LogP contribution is 2.39. The summed E-state index contributed by atoms with van der Waals surface area (Å²) in [5.74, 6) is -0.340. The van der Waals surface area contributed by atoms with Crippen LogP contribution in [0.1, 0.15) is 51.4 Å². The molecule has 0 bridgehead atoms. The number of aliphatic hydroxyl groups is 1. The highest BCUT2D eigenvalue weighted by molar-refractivity contribution is 7.99. The van der Waals surface area contributed by atoms with Gasteiger partial charge in [0, 0.05) is 40.8 Å². The Bertz CT molecular complexity index is 1910. The average molecular weight is 657 g/mol. The first-order chi connectivity index (χ1) is 22.3. The molecule has 3 N–H and O–H groups in total. The van der Waals surface area contributed by atoms with Crippen LogP contribution in [0.25, 0.3) is 10.9 Å². The molecule has 1 unspecified atom stereocenters. The Morgan fingerprint density at radius 3 is 2.28 bits per heavy atom. The van der Waals surface area contributed by atoms with Gasteiger partial charge in [-0.15, -0.1) is 11.8 Å². The number of ether oxygens (including phenoxy) is 2. The number of carboxylic acids is 1. The highest BCUT2D eigenvalue weighted by atomic mass is 32.2. The second-order valence-corrected chi connectivity index (χ2v) is 13.7. The van der Waals surface area contributed by atoms with Crippen LogP contribution in [0, 0.1) is 0 Å². The summed E-state index contributed by atoms with van der Waals surface area (Å²) in [6, 6.07) is 30.5. The number of fused-ring (bicyclic) bond motifs is 1. The van der Waals surface area contributed by atoms with Gasteiger partial charge >= 0.3 is 5.97 Å². The maximum absolute atomic E-state index is 13.2. The van der Waals surface area contributed by atoms with Gasteiger partial charge in [-0.3, -0.25) is 4.98 Å². The predicted molar refractivity (Wildman–Crippen MR) is 175 cm³/mol. The molecular formula is C35H32N2O7S2. The van der Waals surface area contributed by atoms with Gasteiger partial charge in [0.05, 0.1) is 29.9 Å². The fourth-order valence-electron chi connectivity index (χ4n) is 5.25. The normalized spacial score (nSPS) is 18.4. The van der Waals surface area contributed by atoms with Crippen LogP contribution >= 0.6 is 11.8 Å². The van der Waals surface area contributed by atoms with Crippen LogP contribution < -0.4 is 4.72 Å². The summed E-state index contributed by atoms with van der Waals surface area (Å²) in [4.78, 5) is 16.6. The molecule has 5 aromatic rings. The number of nitrogens with zero attached hydrogens (tertiary/aromatic N) is 1. The van der Waals surface area contributed by atoms with Crippen molar-refractivity contribution >= 4 is 38.7 Å². The number of aromatic carboxylic acids is 1. The van der Waals surface area contributed by atoms with E-state index in [9.17, 15) is 23.4 Å². The standard InChI is InChI=1S/C35H32N2O7S2/c38-21-24-8-10-25(11-9-24)31-19-29(22-45-30-16-14-27(15-17-30)34(39)40)43-35(44-31)28-12-6-23(7-13-28)20-37-46(41,42)32-5-1-3-26-4-2-18-36-33(26)32/h1-18,29,31,35,37-38H,19-22H2,(H,39,40)/t29-,31+,35?/m0/s1. The Morgan fingerprint density at radius 2 is 1.57 bits per heavy atom. The summed E-state index contributed by atoms with van der Waals surface area (Å²) in [6.45, 7) is 0.0524. The summed E-state index contributed by atoms with van der Waals surface area (Å²) in [5.41, 5.74) is 4.00. The third-order valence-electron chi connectivity index (χ3n) is 7.76. The first-order valence-electron chi connectivity index (χ1n) is 14.7. The van der Waals surface area contributed by atoms with Crippen molar-refractivity contribution < 1.29 is 32.9 Å². The second kappa shape index (κ2) is 14.1. The molecule has 1 saturated heterocycles. The average Bonchev–Trinajstić information content (AvgIpc) is 3.10. The zero-order valence-electron chi connectivity index (χ0n) is 24.7. The van der Waals surface area contributed by atoms with Gasteiger partial charge in [0.15, 0.2) is 6.29 Å². The second-order valence-electron chi connectivity index (χ2n) is 10.9. The Balaban J connectivity index is 1.16. The molecule has 4 aromatic carbocycles. The van der Waals surface area contributed by atoms with Crippen molar-refractivity contribution in [2.45, 2.75) is 47.9 Å². The van der Waals surface area contributed by atoms with Gasteiger partial charge < -0.3 is 19.7 Å². The Morgan fingerprint density at radius 1 is 0.870 bits per heavy atom. The Labute approximate surface area is 271 Å². The number of aromatic nitrogens is 1. The number of rotatable bonds is 11. The minimum atomic E-state index is -3.81. The van der Waals surface area contributed by atoms with Gasteiger partial charge in [-0.25, -0.2) is 17.9 Å². The number of carbonyl (C=O) groups is 1. The van der Waals surface area contributed by atoms with Crippen molar-refractivity contribution in [2.75, 3.05) is 5.75 Å². The molecule has 1 aliphatic heterocycles. The maximum Gasteiger partial charge on any atom is 0.335 e. The third-order valence-corrected chi connectivity index (χ3v) is 10.3. The Kier molecular flexibility index (Phi) is 9.78. The third kappa shape index (κ3) is 7.47. The lowest BCUT2D eigenvalue weighted by atomic mass is 10.0. The van der Waals surface area contributed by atoms with E-state index in [1.54, 1.807) is 60.4 Å². The van der Waals surface area contributed by atoms with Crippen LogP contribution in [0.5, 0.6) is 0 Å². The minimum absolute atomic E-state index is 0.0428. The molecule has 46 heavy (non-hydrogen) atoms. The molecule has 0 saturated carbocycles. The SMILES string of the molecule is O=C(O)c1ccc(SC[C@@H]2C[C@H](c3ccc(CO)cc3)OC(c3ccc(CNS(=O)(=O)c4cccc5cccnc45)cc3)O2)cc1. The molecule has 11 heteroatoms. The van der Waals surface area contributed by atoms with E-state index in [-0.39, 0.29) is 35.8 Å². The lowest BCUT2D eigenvalue weighted by molar-refractivity contribution is -0.245. The molecule has 2 heterocycles. The van der Waals surface area contributed by atoms with E-state index in [1.807, 2.05) is 60.7 Å². The quantitative estimate of drug-likeness (QED) is 0.141. The van der Waals surface area contributed by atoms with Crippen molar-refractivity contribution in [3.05, 3.63) is 137 Å². The highest BCUT2D eigenvalue weighted by Gasteiger charge is 2.32. The number of pyridine rings is 1. The van der Waals surface area contributed by atoms with Crippen LogP contribution in [0.2, 0.25) is 0 Å². The molecule has 1 aromatic heterocycles. The lowest BCUT2D eigenvalue weighted by Gasteiger charge is -2.36. The number of sulfonamides is 1. The molecular weight excluding hydrogens is 625 g/mol. The van der Waals surface area contributed by atoms with Gasteiger partial charge in [0.1, 0.15) is 4.90 Å². The molecule has 1 fully saturated rings. The molecule has 3 atom stereocenters. The van der Waals surface area contributed by atoms with Gasteiger partial charge in [-0.1, -0.05) is 66.7 Å². The first-order valence-corrected chi connectivity index (χ1v) is 17.1. The lowest BCUT2D eigenvalue weighted by Crippen LogP contribution is -2.31. The van der Waals surface area contributed by atoms with Crippen LogP contribution in [0.4, 0.5) is 0 Å². The van der Waals surface area contributed by atoms with E-state index in [0.29, 0.717) is 17.7 Å². The summed E-state index contributed by atoms with van der Waals surface area (Å²) in [5, 5.41) is 19.4. The van der Waals surface area contributed by atoms with Crippen LogP contribution in [0.3, 0.4) is 0 Å². The fraction of sp³-hybridized carbons (Fsp3) is 0.200. The monoisotopic (exact) mass is 656 g/mol. The topological polar surface area (TPSA) is 135 Å². The number of carboxylic acid groups (broad SMARTS) is 1. The number of hydrogen-bond acceptors (Lipinski definition) is 8. The summed E-state index contributed by atoms with van der Waals surface area (Å²) >= 11 is 1.58. The molecule has 0 amide bonds. The van der Waals surface area contributed by atoms with Crippen LogP contribution in [0.15, 0.2) is 119 Å². The number of thioether (sulfide) groups is 1.